The number of piperidine rings is 1. The molecule has 4 nitrogen and oxygen atoms in total. The number of hydrogen-bond acceptors (Lipinski definition) is 3. The van der Waals surface area contributed by atoms with Crippen molar-refractivity contribution in [3.63, 3.8) is 0 Å². The quantitative estimate of drug-likeness (QED) is 0.604. The monoisotopic (exact) mass is 425 g/mol. The Labute approximate surface area is 183 Å². The summed E-state index contributed by atoms with van der Waals surface area (Å²) in [6, 6.07) is 15.4. The minimum Gasteiger partial charge on any atom is -0.497 e. The maximum atomic E-state index is 12.9. The summed E-state index contributed by atoms with van der Waals surface area (Å²) in [7, 11) is 1.65. The average molecular weight is 426 g/mol. The van der Waals surface area contributed by atoms with Gasteiger partial charge in [0.1, 0.15) is 11.5 Å². The van der Waals surface area contributed by atoms with E-state index in [0.29, 0.717) is 36.7 Å². The lowest BCUT2D eigenvalue weighted by molar-refractivity contribution is -0.137. The molecule has 1 unspecified atom stereocenters. The van der Waals surface area contributed by atoms with Gasteiger partial charge >= 0.3 is 0 Å². The molecule has 1 amide bonds. The second kappa shape index (κ2) is 9.22. The highest BCUT2D eigenvalue weighted by Crippen LogP contribution is 2.39. The molecule has 2 aromatic carbocycles. The van der Waals surface area contributed by atoms with Gasteiger partial charge in [-0.25, -0.2) is 0 Å². The van der Waals surface area contributed by atoms with Gasteiger partial charge in [0.05, 0.1) is 7.11 Å². The van der Waals surface area contributed by atoms with E-state index in [0.717, 1.165) is 23.4 Å². The Morgan fingerprint density at radius 2 is 1.80 bits per heavy atom. The van der Waals surface area contributed by atoms with Crippen molar-refractivity contribution >= 4 is 23.3 Å². The summed E-state index contributed by atoms with van der Waals surface area (Å²) in [5.41, 5.74) is 2.09. The summed E-state index contributed by atoms with van der Waals surface area (Å²) in [4.78, 5) is 27.7. The molecule has 2 aromatic rings. The Morgan fingerprint density at radius 3 is 2.43 bits per heavy atom. The molecule has 2 atom stereocenters. The van der Waals surface area contributed by atoms with E-state index in [4.69, 9.17) is 16.3 Å². The fourth-order valence-corrected chi connectivity index (χ4v) is 4.55. The van der Waals surface area contributed by atoms with Crippen molar-refractivity contribution in [2.24, 2.45) is 11.8 Å². The van der Waals surface area contributed by atoms with E-state index in [1.54, 1.807) is 7.11 Å². The van der Waals surface area contributed by atoms with Gasteiger partial charge in [0.2, 0.25) is 5.91 Å². The zero-order valence-electron chi connectivity index (χ0n) is 17.4. The molecule has 0 spiro atoms. The van der Waals surface area contributed by atoms with Crippen LogP contribution in [0.5, 0.6) is 5.75 Å². The summed E-state index contributed by atoms with van der Waals surface area (Å²) in [6.45, 7) is 1.51. The molecule has 4 rings (SSSR count). The number of carbonyl (C=O) groups is 2. The molecule has 30 heavy (non-hydrogen) atoms. The lowest BCUT2D eigenvalue weighted by Crippen LogP contribution is -2.45. The molecule has 1 saturated heterocycles. The maximum Gasteiger partial charge on any atom is 0.223 e. The third-order valence-corrected chi connectivity index (χ3v) is 6.55. The number of benzene rings is 2. The lowest BCUT2D eigenvalue weighted by atomic mass is 9.77. The number of halogens is 1. The SMILES string of the molecule is COc1ccc(C2CC(=O)N(CC3CC3)C[C@H]2CC(=O)Cc2ccc(Cl)cc2)cc1. The highest BCUT2D eigenvalue weighted by Gasteiger charge is 2.38. The molecule has 0 bridgehead atoms. The number of ether oxygens (including phenoxy) is 1. The standard InChI is InChI=1S/C25H28ClNO3/c1-30-23-10-6-19(7-11-23)24-14-25(29)27(15-18-2-3-18)16-20(24)13-22(28)12-17-4-8-21(26)9-5-17/h4-11,18,20,24H,2-3,12-16H2,1H3/t20-,24?/m1/s1. The van der Waals surface area contributed by atoms with Crippen molar-refractivity contribution in [3.05, 3.63) is 64.7 Å². The Morgan fingerprint density at radius 1 is 1.10 bits per heavy atom. The van der Waals surface area contributed by atoms with Crippen molar-refractivity contribution < 1.29 is 14.3 Å². The van der Waals surface area contributed by atoms with Gasteiger partial charge in [-0.1, -0.05) is 35.9 Å². The number of Topliss-reactive ketones (excluding diaryl/α,β-unsaturated/α-hetero) is 1. The van der Waals surface area contributed by atoms with Crippen LogP contribution in [0, 0.1) is 11.8 Å². The lowest BCUT2D eigenvalue weighted by Gasteiger charge is -2.38. The van der Waals surface area contributed by atoms with Crippen molar-refractivity contribution in [2.45, 2.75) is 38.0 Å². The first-order chi connectivity index (χ1) is 14.5. The predicted octanol–water partition coefficient (Wildman–Crippen LogP) is 4.89. The Hall–Kier alpha value is -2.33. The number of amides is 1. The number of carbonyl (C=O) groups excluding carboxylic acids is 2. The van der Waals surface area contributed by atoms with Crippen LogP contribution in [0.2, 0.25) is 5.02 Å². The van der Waals surface area contributed by atoms with E-state index in [2.05, 4.69) is 0 Å². The highest BCUT2D eigenvalue weighted by atomic mass is 35.5. The largest absolute Gasteiger partial charge is 0.497 e. The number of ketones is 1. The van der Waals surface area contributed by atoms with Gasteiger partial charge < -0.3 is 9.64 Å². The van der Waals surface area contributed by atoms with Crippen molar-refractivity contribution in [3.8, 4) is 5.75 Å². The van der Waals surface area contributed by atoms with Crippen molar-refractivity contribution in [1.82, 2.24) is 4.90 Å². The van der Waals surface area contributed by atoms with Crippen LogP contribution >= 0.6 is 11.6 Å². The molecule has 0 radical (unpaired) electrons. The van der Waals surface area contributed by atoms with Gasteiger partial charge in [-0.3, -0.25) is 9.59 Å². The van der Waals surface area contributed by atoms with Crippen LogP contribution in [-0.2, 0) is 16.0 Å². The minimum atomic E-state index is 0.0630. The molecule has 158 valence electrons. The topological polar surface area (TPSA) is 46.6 Å². The van der Waals surface area contributed by atoms with Gasteiger partial charge in [-0.2, -0.15) is 0 Å². The maximum absolute atomic E-state index is 12.9. The van der Waals surface area contributed by atoms with Crippen LogP contribution in [0.4, 0.5) is 0 Å². The predicted molar refractivity (Wildman–Crippen MR) is 118 cm³/mol. The van der Waals surface area contributed by atoms with Crippen LogP contribution in [-0.4, -0.2) is 36.8 Å². The van der Waals surface area contributed by atoms with Crippen LogP contribution in [0.25, 0.3) is 0 Å². The van der Waals surface area contributed by atoms with Gasteiger partial charge in [-0.05, 0) is 66.0 Å². The molecule has 1 aliphatic carbocycles. The van der Waals surface area contributed by atoms with Gasteiger partial charge in [0.15, 0.2) is 0 Å². The summed E-state index contributed by atoms with van der Waals surface area (Å²) in [5, 5.41) is 0.673. The molecule has 1 saturated carbocycles. The highest BCUT2D eigenvalue weighted by molar-refractivity contribution is 6.30. The van der Waals surface area contributed by atoms with E-state index in [1.807, 2.05) is 53.4 Å². The number of likely N-dealkylation sites (tertiary alicyclic amines) is 1. The first-order valence-corrected chi connectivity index (χ1v) is 11.1. The van der Waals surface area contributed by atoms with Crippen molar-refractivity contribution in [1.29, 1.82) is 0 Å². The smallest absolute Gasteiger partial charge is 0.223 e. The summed E-state index contributed by atoms with van der Waals surface area (Å²) in [6.07, 6.45) is 3.78. The van der Waals surface area contributed by atoms with E-state index in [1.165, 1.54) is 12.8 Å². The van der Waals surface area contributed by atoms with Crippen LogP contribution in [0.3, 0.4) is 0 Å². The van der Waals surface area contributed by atoms with E-state index in [9.17, 15) is 9.59 Å². The molecule has 1 heterocycles. The van der Waals surface area contributed by atoms with E-state index < -0.39 is 0 Å². The Balaban J connectivity index is 1.49. The zero-order valence-corrected chi connectivity index (χ0v) is 18.1. The molecule has 5 heteroatoms. The summed E-state index contributed by atoms with van der Waals surface area (Å²) in [5.74, 6) is 2.07. The van der Waals surface area contributed by atoms with Crippen LogP contribution in [0.15, 0.2) is 48.5 Å². The Kier molecular flexibility index (Phi) is 6.43. The number of hydrogen-bond donors (Lipinski definition) is 0. The van der Waals surface area contributed by atoms with Gasteiger partial charge in [0.25, 0.3) is 0 Å². The summed E-state index contributed by atoms with van der Waals surface area (Å²) < 4.78 is 5.27. The second-order valence-electron chi connectivity index (χ2n) is 8.63. The van der Waals surface area contributed by atoms with Crippen LogP contribution in [0.1, 0.15) is 42.7 Å². The molecule has 2 fully saturated rings. The second-order valence-corrected chi connectivity index (χ2v) is 9.07. The van der Waals surface area contributed by atoms with Crippen molar-refractivity contribution in [2.75, 3.05) is 20.2 Å². The van der Waals surface area contributed by atoms with Gasteiger partial charge in [-0.15, -0.1) is 0 Å². The molecule has 0 aromatic heterocycles. The Bertz CT molecular complexity index is 890. The summed E-state index contributed by atoms with van der Waals surface area (Å²) >= 11 is 5.96. The first kappa shape index (κ1) is 20.9. The zero-order chi connectivity index (χ0) is 21.1. The molecule has 0 N–H and O–H groups in total. The normalized spacial score (nSPS) is 21.5. The molecule has 1 aliphatic heterocycles. The average Bonchev–Trinajstić information content (AvgIpc) is 3.56. The fourth-order valence-electron chi connectivity index (χ4n) is 4.43. The van der Waals surface area contributed by atoms with E-state index >= 15 is 0 Å². The molecular weight excluding hydrogens is 398 g/mol. The number of methoxy groups -OCH3 is 1. The number of rotatable bonds is 8. The number of nitrogens with zero attached hydrogens (tertiary/aromatic N) is 1. The fraction of sp³-hybridized carbons (Fsp3) is 0.440. The van der Waals surface area contributed by atoms with Crippen LogP contribution < -0.4 is 4.74 Å². The third kappa shape index (κ3) is 5.23. The first-order valence-electron chi connectivity index (χ1n) is 10.7. The third-order valence-electron chi connectivity index (χ3n) is 6.30. The molecule has 2 aliphatic rings. The van der Waals surface area contributed by atoms with E-state index in [-0.39, 0.29) is 23.5 Å². The minimum absolute atomic E-state index is 0.0630. The van der Waals surface area contributed by atoms with Gasteiger partial charge in [0, 0.05) is 37.4 Å². The molecular formula is C25H28ClNO3.